The van der Waals surface area contributed by atoms with Gasteiger partial charge < -0.3 is 19.8 Å². The van der Waals surface area contributed by atoms with Crippen molar-refractivity contribution in [2.75, 3.05) is 11.9 Å². The number of ether oxygens (including phenoxy) is 1. The van der Waals surface area contributed by atoms with Crippen LogP contribution in [0, 0.1) is 0 Å². The molecule has 1 aromatic heterocycles. The van der Waals surface area contributed by atoms with Crippen LogP contribution in [-0.2, 0) is 6.42 Å². The second kappa shape index (κ2) is 7.75. The maximum Gasteiger partial charge on any atom is 0.319 e. The van der Waals surface area contributed by atoms with Crippen molar-refractivity contribution < 1.29 is 13.9 Å². The quantitative estimate of drug-likeness (QED) is 0.691. The first-order valence-corrected chi connectivity index (χ1v) is 8.42. The fourth-order valence-corrected chi connectivity index (χ4v) is 2.68. The lowest BCUT2D eigenvalue weighted by molar-refractivity contribution is 0.249. The molecule has 0 spiro atoms. The molecular weight excluding hydrogens is 316 g/mol. The number of urea groups is 1. The number of nitrogens with one attached hydrogen (secondary N) is 2. The van der Waals surface area contributed by atoms with Gasteiger partial charge in [-0.3, -0.25) is 0 Å². The Morgan fingerprint density at radius 2 is 1.92 bits per heavy atom. The molecule has 2 amide bonds. The maximum atomic E-state index is 12.1. The molecule has 0 aliphatic carbocycles. The first kappa shape index (κ1) is 16.9. The lowest BCUT2D eigenvalue weighted by atomic mass is 10.2. The number of anilines is 1. The highest BCUT2D eigenvalue weighted by molar-refractivity contribution is 5.89. The van der Waals surface area contributed by atoms with Crippen LogP contribution in [0.2, 0.25) is 0 Å². The Labute approximate surface area is 147 Å². The minimum atomic E-state index is -0.243. The zero-order chi connectivity index (χ0) is 17.6. The molecule has 0 radical (unpaired) electrons. The molecule has 130 valence electrons. The average molecular weight is 338 g/mol. The molecule has 1 heterocycles. The van der Waals surface area contributed by atoms with E-state index in [0.29, 0.717) is 13.0 Å². The monoisotopic (exact) mass is 338 g/mol. The maximum absolute atomic E-state index is 12.1. The summed E-state index contributed by atoms with van der Waals surface area (Å²) in [6.45, 7) is 4.50. The van der Waals surface area contributed by atoms with Gasteiger partial charge in [0.2, 0.25) is 0 Å². The standard InChI is InChI=1S/C20H22N2O3/c1-3-24-17-10-8-16(9-11-17)22-20(23)21-14(2)12-18-13-15-6-4-5-7-19(15)25-18/h4-11,13-14H,3,12H2,1-2H3,(H2,21,22,23)/t14-/m0/s1. The van der Waals surface area contributed by atoms with Gasteiger partial charge in [0.1, 0.15) is 17.1 Å². The number of carbonyl (C=O) groups is 1. The predicted molar refractivity (Wildman–Crippen MR) is 99.1 cm³/mol. The highest BCUT2D eigenvalue weighted by Crippen LogP contribution is 2.20. The molecule has 5 nitrogen and oxygen atoms in total. The first-order valence-electron chi connectivity index (χ1n) is 8.42. The highest BCUT2D eigenvalue weighted by atomic mass is 16.5. The van der Waals surface area contributed by atoms with Gasteiger partial charge in [-0.1, -0.05) is 18.2 Å². The fourth-order valence-electron chi connectivity index (χ4n) is 2.68. The van der Waals surface area contributed by atoms with Crippen LogP contribution >= 0.6 is 0 Å². The van der Waals surface area contributed by atoms with Crippen molar-refractivity contribution >= 4 is 22.7 Å². The summed E-state index contributed by atoms with van der Waals surface area (Å²) in [6.07, 6.45) is 0.630. The Balaban J connectivity index is 1.53. The molecule has 2 aromatic carbocycles. The van der Waals surface area contributed by atoms with Gasteiger partial charge >= 0.3 is 6.03 Å². The number of benzene rings is 2. The number of fused-ring (bicyclic) bond motifs is 1. The van der Waals surface area contributed by atoms with E-state index in [1.807, 2.05) is 68.4 Å². The van der Waals surface area contributed by atoms with E-state index in [4.69, 9.17) is 9.15 Å². The summed E-state index contributed by atoms with van der Waals surface area (Å²) in [6, 6.07) is 16.9. The summed E-state index contributed by atoms with van der Waals surface area (Å²) < 4.78 is 11.2. The minimum Gasteiger partial charge on any atom is -0.494 e. The number of furan rings is 1. The number of amides is 2. The molecule has 3 aromatic rings. The van der Waals surface area contributed by atoms with Crippen LogP contribution in [0.4, 0.5) is 10.5 Å². The fraction of sp³-hybridized carbons (Fsp3) is 0.250. The third-order valence-electron chi connectivity index (χ3n) is 3.78. The summed E-state index contributed by atoms with van der Waals surface area (Å²) in [5.74, 6) is 1.64. The molecule has 0 fully saturated rings. The second-order valence-electron chi connectivity index (χ2n) is 5.91. The molecule has 0 unspecified atom stereocenters. The second-order valence-corrected chi connectivity index (χ2v) is 5.91. The van der Waals surface area contributed by atoms with Crippen molar-refractivity contribution in [2.24, 2.45) is 0 Å². The van der Waals surface area contributed by atoms with Crippen LogP contribution in [0.3, 0.4) is 0 Å². The summed E-state index contributed by atoms with van der Waals surface area (Å²) in [4.78, 5) is 12.1. The topological polar surface area (TPSA) is 63.5 Å². The molecule has 5 heteroatoms. The molecular formula is C20H22N2O3. The largest absolute Gasteiger partial charge is 0.494 e. The van der Waals surface area contributed by atoms with E-state index < -0.39 is 0 Å². The Hall–Kier alpha value is -2.95. The van der Waals surface area contributed by atoms with Crippen LogP contribution < -0.4 is 15.4 Å². The minimum absolute atomic E-state index is 0.0525. The van der Waals surface area contributed by atoms with Gasteiger partial charge in [-0.25, -0.2) is 4.79 Å². The van der Waals surface area contributed by atoms with Crippen molar-refractivity contribution in [1.29, 1.82) is 0 Å². The van der Waals surface area contributed by atoms with Crippen LogP contribution in [0.15, 0.2) is 59.0 Å². The third-order valence-corrected chi connectivity index (χ3v) is 3.78. The summed E-state index contributed by atoms with van der Waals surface area (Å²) >= 11 is 0. The Morgan fingerprint density at radius 1 is 1.16 bits per heavy atom. The van der Waals surface area contributed by atoms with E-state index in [-0.39, 0.29) is 12.1 Å². The van der Waals surface area contributed by atoms with E-state index in [1.54, 1.807) is 0 Å². The molecule has 0 bridgehead atoms. The number of hydrogen-bond acceptors (Lipinski definition) is 3. The average Bonchev–Trinajstić information content (AvgIpc) is 2.98. The molecule has 0 aliphatic heterocycles. The van der Waals surface area contributed by atoms with Crippen molar-refractivity contribution in [2.45, 2.75) is 26.3 Å². The van der Waals surface area contributed by atoms with Crippen molar-refractivity contribution in [3.05, 3.63) is 60.4 Å². The SMILES string of the molecule is CCOc1ccc(NC(=O)N[C@@H](C)Cc2cc3ccccc3o2)cc1. The van der Waals surface area contributed by atoms with E-state index in [9.17, 15) is 4.79 Å². The highest BCUT2D eigenvalue weighted by Gasteiger charge is 2.11. The van der Waals surface area contributed by atoms with Crippen molar-refractivity contribution in [3.63, 3.8) is 0 Å². The van der Waals surface area contributed by atoms with Gasteiger partial charge in [-0.05, 0) is 50.2 Å². The van der Waals surface area contributed by atoms with Gasteiger partial charge in [-0.15, -0.1) is 0 Å². The molecule has 1 atom stereocenters. The predicted octanol–water partition coefficient (Wildman–Crippen LogP) is 4.58. The molecule has 0 saturated carbocycles. The van der Waals surface area contributed by atoms with E-state index in [1.165, 1.54) is 0 Å². The number of hydrogen-bond donors (Lipinski definition) is 2. The third kappa shape index (κ3) is 4.53. The van der Waals surface area contributed by atoms with Crippen LogP contribution in [0.1, 0.15) is 19.6 Å². The summed E-state index contributed by atoms with van der Waals surface area (Å²) in [5, 5.41) is 6.81. The molecule has 2 N–H and O–H groups in total. The molecule has 0 saturated heterocycles. The normalized spacial score (nSPS) is 11.9. The lowest BCUT2D eigenvalue weighted by Gasteiger charge is -2.13. The van der Waals surface area contributed by atoms with Gasteiger partial charge in [-0.2, -0.15) is 0 Å². The van der Waals surface area contributed by atoms with Crippen LogP contribution in [0.25, 0.3) is 11.0 Å². The van der Waals surface area contributed by atoms with Crippen molar-refractivity contribution in [3.8, 4) is 5.75 Å². The van der Waals surface area contributed by atoms with Gasteiger partial charge in [0.15, 0.2) is 0 Å². The summed E-state index contributed by atoms with van der Waals surface area (Å²) in [5.41, 5.74) is 1.58. The van der Waals surface area contributed by atoms with E-state index in [2.05, 4.69) is 10.6 Å². The Kier molecular flexibility index (Phi) is 5.23. The number of para-hydroxylation sites is 1. The van der Waals surface area contributed by atoms with Gasteiger partial charge in [0.25, 0.3) is 0 Å². The van der Waals surface area contributed by atoms with Crippen LogP contribution in [0.5, 0.6) is 5.75 Å². The molecule has 0 aliphatic rings. The van der Waals surface area contributed by atoms with E-state index >= 15 is 0 Å². The molecule has 3 rings (SSSR count). The number of carbonyl (C=O) groups excluding carboxylic acids is 1. The lowest BCUT2D eigenvalue weighted by Crippen LogP contribution is -2.37. The van der Waals surface area contributed by atoms with Crippen LogP contribution in [-0.4, -0.2) is 18.7 Å². The first-order chi connectivity index (χ1) is 12.1. The zero-order valence-corrected chi connectivity index (χ0v) is 14.4. The van der Waals surface area contributed by atoms with E-state index in [0.717, 1.165) is 28.2 Å². The van der Waals surface area contributed by atoms with Crippen molar-refractivity contribution in [1.82, 2.24) is 5.32 Å². The van der Waals surface area contributed by atoms with Gasteiger partial charge in [0, 0.05) is 23.5 Å². The Bertz CT molecular complexity index is 807. The Morgan fingerprint density at radius 3 is 2.64 bits per heavy atom. The van der Waals surface area contributed by atoms with Gasteiger partial charge in [0.05, 0.1) is 6.61 Å². The molecule has 25 heavy (non-hydrogen) atoms. The number of rotatable bonds is 6. The smallest absolute Gasteiger partial charge is 0.319 e. The summed E-state index contributed by atoms with van der Waals surface area (Å²) in [7, 11) is 0. The zero-order valence-electron chi connectivity index (χ0n) is 14.4.